The molecule has 0 spiro atoms. The average molecular weight is 251 g/mol. The van der Waals surface area contributed by atoms with Crippen molar-refractivity contribution in [3.63, 3.8) is 0 Å². The van der Waals surface area contributed by atoms with Crippen molar-refractivity contribution < 1.29 is 16.8 Å². The van der Waals surface area contributed by atoms with E-state index in [0.717, 1.165) is 0 Å². The van der Waals surface area contributed by atoms with Crippen LogP contribution in [0.25, 0.3) is 0 Å². The summed E-state index contributed by atoms with van der Waals surface area (Å²) in [6.07, 6.45) is 0.588. The van der Waals surface area contributed by atoms with Crippen LogP contribution in [0.2, 0.25) is 5.02 Å². The number of halogens is 1. The van der Waals surface area contributed by atoms with Crippen LogP contribution in [-0.2, 0) is 14.6 Å². The second-order valence-corrected chi connectivity index (χ2v) is 4.37. The smallest absolute Gasteiger partial charge is 0.360 e. The van der Waals surface area contributed by atoms with Gasteiger partial charge >= 0.3 is 10.4 Å². The van der Waals surface area contributed by atoms with Gasteiger partial charge in [0, 0.05) is 0 Å². The minimum atomic E-state index is -4.00. The minimum absolute atomic E-state index is 0.0651. The lowest BCUT2D eigenvalue weighted by Gasteiger charge is -2.06. The fourth-order valence-electron chi connectivity index (χ4n) is 0.832. The third-order valence-electron chi connectivity index (χ3n) is 1.46. The predicted molar refractivity (Wildman–Crippen MR) is 57.2 cm³/mol. The van der Waals surface area contributed by atoms with Crippen LogP contribution in [0.1, 0.15) is 13.3 Å². The van der Waals surface area contributed by atoms with Gasteiger partial charge in [-0.15, -0.1) is 0 Å². The first-order chi connectivity index (χ1) is 7.05. The van der Waals surface area contributed by atoms with E-state index in [0.29, 0.717) is 6.42 Å². The number of para-hydroxylation sites is 1. The van der Waals surface area contributed by atoms with E-state index < -0.39 is 10.4 Å². The molecule has 0 atom stereocenters. The van der Waals surface area contributed by atoms with Gasteiger partial charge in [0.1, 0.15) is 0 Å². The fraction of sp³-hybridized carbons (Fsp3) is 0.333. The van der Waals surface area contributed by atoms with Crippen molar-refractivity contribution in [2.75, 3.05) is 6.61 Å². The van der Waals surface area contributed by atoms with Crippen molar-refractivity contribution >= 4 is 22.0 Å². The van der Waals surface area contributed by atoms with Gasteiger partial charge in [-0.3, -0.25) is 0 Å². The maximum absolute atomic E-state index is 11.2. The van der Waals surface area contributed by atoms with E-state index in [1.165, 1.54) is 12.1 Å². The lowest BCUT2D eigenvalue weighted by atomic mass is 10.3. The number of hydrogen-bond donors (Lipinski definition) is 0. The zero-order valence-corrected chi connectivity index (χ0v) is 9.72. The Bertz CT molecular complexity index is 416. The van der Waals surface area contributed by atoms with Gasteiger partial charge < -0.3 is 4.18 Å². The van der Waals surface area contributed by atoms with Crippen molar-refractivity contribution in [2.24, 2.45) is 0 Å². The third kappa shape index (κ3) is 4.07. The first kappa shape index (κ1) is 12.3. The lowest BCUT2D eigenvalue weighted by molar-refractivity contribution is 0.273. The minimum Gasteiger partial charge on any atom is -0.360 e. The average Bonchev–Trinajstić information content (AvgIpc) is 2.18. The summed E-state index contributed by atoms with van der Waals surface area (Å²) in [6.45, 7) is 1.89. The molecule has 0 N–H and O–H groups in total. The summed E-state index contributed by atoms with van der Waals surface area (Å²) in [7, 11) is -4.00. The van der Waals surface area contributed by atoms with E-state index in [-0.39, 0.29) is 17.4 Å². The van der Waals surface area contributed by atoms with Gasteiger partial charge in [0.15, 0.2) is 5.75 Å². The van der Waals surface area contributed by atoms with Gasteiger partial charge in [-0.2, -0.15) is 8.42 Å². The molecule has 0 radical (unpaired) electrons. The highest BCUT2D eigenvalue weighted by atomic mass is 35.5. The highest BCUT2D eigenvalue weighted by molar-refractivity contribution is 7.82. The summed E-state index contributed by atoms with van der Waals surface area (Å²) in [5, 5.41) is 0.223. The van der Waals surface area contributed by atoms with Gasteiger partial charge in [0.2, 0.25) is 0 Å². The highest BCUT2D eigenvalue weighted by Crippen LogP contribution is 2.24. The Morgan fingerprint density at radius 3 is 2.60 bits per heavy atom. The molecule has 15 heavy (non-hydrogen) atoms. The summed E-state index contributed by atoms with van der Waals surface area (Å²) in [4.78, 5) is 0. The molecule has 1 rings (SSSR count). The molecular weight excluding hydrogens is 240 g/mol. The Kier molecular flexibility index (Phi) is 4.38. The largest absolute Gasteiger partial charge is 0.449 e. The van der Waals surface area contributed by atoms with E-state index in [4.69, 9.17) is 11.6 Å². The molecule has 0 aliphatic heterocycles. The topological polar surface area (TPSA) is 52.6 Å². The van der Waals surface area contributed by atoms with E-state index in [2.05, 4.69) is 8.37 Å². The Morgan fingerprint density at radius 1 is 1.33 bits per heavy atom. The molecule has 0 bridgehead atoms. The summed E-state index contributed by atoms with van der Waals surface area (Å²) in [5.74, 6) is 0.0651. The Labute approximate surface area is 94.1 Å². The molecule has 6 heteroatoms. The van der Waals surface area contributed by atoms with Crippen molar-refractivity contribution in [1.29, 1.82) is 0 Å². The summed E-state index contributed by atoms with van der Waals surface area (Å²) >= 11 is 5.72. The number of hydrogen-bond acceptors (Lipinski definition) is 4. The quantitative estimate of drug-likeness (QED) is 0.805. The van der Waals surface area contributed by atoms with Crippen LogP contribution in [0.3, 0.4) is 0 Å². The molecule has 0 amide bonds. The van der Waals surface area contributed by atoms with E-state index >= 15 is 0 Å². The van der Waals surface area contributed by atoms with Gasteiger partial charge in [0.25, 0.3) is 0 Å². The molecule has 84 valence electrons. The maximum Gasteiger partial charge on any atom is 0.449 e. The predicted octanol–water partition coefficient (Wildman–Crippen LogP) is 2.39. The Balaban J connectivity index is 2.74. The van der Waals surface area contributed by atoms with Crippen LogP contribution in [0.4, 0.5) is 0 Å². The van der Waals surface area contributed by atoms with Crippen LogP contribution in [0.15, 0.2) is 24.3 Å². The van der Waals surface area contributed by atoms with Crippen LogP contribution in [-0.4, -0.2) is 15.0 Å². The monoisotopic (exact) mass is 250 g/mol. The molecule has 0 unspecified atom stereocenters. The standard InChI is InChI=1S/C9H11ClO4S/c1-2-7-13-15(11,12)14-9-6-4-3-5-8(9)10/h3-6H,2,7H2,1H3. The molecule has 0 saturated heterocycles. The van der Waals surface area contributed by atoms with Gasteiger partial charge in [0.05, 0.1) is 11.6 Å². The van der Waals surface area contributed by atoms with Crippen LogP contribution in [0.5, 0.6) is 5.75 Å². The first-order valence-electron chi connectivity index (χ1n) is 4.38. The molecule has 0 saturated carbocycles. The zero-order chi connectivity index (χ0) is 11.3. The van der Waals surface area contributed by atoms with Gasteiger partial charge in [-0.25, -0.2) is 4.18 Å². The second-order valence-electron chi connectivity index (χ2n) is 2.74. The summed E-state index contributed by atoms with van der Waals surface area (Å²) in [5.41, 5.74) is 0. The Hall–Kier alpha value is -0.780. The van der Waals surface area contributed by atoms with Crippen molar-refractivity contribution in [3.05, 3.63) is 29.3 Å². The lowest BCUT2D eigenvalue weighted by Crippen LogP contribution is -2.13. The highest BCUT2D eigenvalue weighted by Gasteiger charge is 2.14. The van der Waals surface area contributed by atoms with Crippen molar-refractivity contribution in [1.82, 2.24) is 0 Å². The van der Waals surface area contributed by atoms with E-state index in [1.54, 1.807) is 19.1 Å². The maximum atomic E-state index is 11.2. The third-order valence-corrected chi connectivity index (χ3v) is 2.61. The van der Waals surface area contributed by atoms with Crippen LogP contribution >= 0.6 is 11.6 Å². The van der Waals surface area contributed by atoms with E-state index in [9.17, 15) is 8.42 Å². The van der Waals surface area contributed by atoms with Gasteiger partial charge in [-0.1, -0.05) is 30.7 Å². The number of rotatable bonds is 5. The molecular formula is C9H11ClO4S. The zero-order valence-electron chi connectivity index (χ0n) is 8.14. The molecule has 1 aromatic rings. The molecule has 4 nitrogen and oxygen atoms in total. The summed E-state index contributed by atoms with van der Waals surface area (Å²) < 4.78 is 31.6. The van der Waals surface area contributed by atoms with Gasteiger partial charge in [-0.05, 0) is 18.6 Å². The molecule has 1 aromatic carbocycles. The van der Waals surface area contributed by atoms with E-state index in [1.807, 2.05) is 0 Å². The molecule has 0 aromatic heterocycles. The van der Waals surface area contributed by atoms with Crippen molar-refractivity contribution in [3.8, 4) is 5.75 Å². The Morgan fingerprint density at radius 2 is 2.00 bits per heavy atom. The normalized spacial score (nSPS) is 11.3. The number of benzene rings is 1. The van der Waals surface area contributed by atoms with Crippen molar-refractivity contribution in [2.45, 2.75) is 13.3 Å². The molecule has 0 heterocycles. The summed E-state index contributed by atoms with van der Waals surface area (Å²) in [6, 6.07) is 6.28. The molecule has 0 aliphatic rings. The molecule has 0 fully saturated rings. The second kappa shape index (κ2) is 5.34. The van der Waals surface area contributed by atoms with Crippen LogP contribution in [0, 0.1) is 0 Å². The fourth-order valence-corrected chi connectivity index (χ4v) is 1.84. The molecule has 0 aliphatic carbocycles. The first-order valence-corrected chi connectivity index (χ1v) is 6.09. The van der Waals surface area contributed by atoms with Crippen LogP contribution < -0.4 is 4.18 Å². The SMILES string of the molecule is CCCOS(=O)(=O)Oc1ccccc1Cl.